The van der Waals surface area contributed by atoms with Gasteiger partial charge in [0.05, 0.1) is 5.25 Å². The third-order valence-electron chi connectivity index (χ3n) is 4.27. The molecule has 2 aromatic carbocycles. The number of benzene rings is 2. The van der Waals surface area contributed by atoms with Gasteiger partial charge in [-0.3, -0.25) is 9.59 Å². The van der Waals surface area contributed by atoms with Gasteiger partial charge in [0.2, 0.25) is 5.91 Å². The zero-order valence-corrected chi connectivity index (χ0v) is 13.9. The molecule has 0 spiro atoms. The van der Waals surface area contributed by atoms with Gasteiger partial charge in [0.1, 0.15) is 0 Å². The van der Waals surface area contributed by atoms with E-state index in [1.165, 1.54) is 10.5 Å². The smallest absolute Gasteiger partial charge is 0.251 e. The molecule has 2 amide bonds. The summed E-state index contributed by atoms with van der Waals surface area (Å²) in [5.41, 5.74) is 2.58. The molecule has 1 aliphatic heterocycles. The normalized spacial score (nSPS) is 18.8. The fourth-order valence-electron chi connectivity index (χ4n) is 2.75. The maximum atomic E-state index is 12.4. The van der Waals surface area contributed by atoms with Gasteiger partial charge in [-0.15, -0.1) is 11.8 Å². The lowest BCUT2D eigenvalue weighted by Gasteiger charge is -2.10. The standard InChI is InChI=1S/C19H18N2O2S/c22-18(20-15-9-10-15)12-5-7-14(8-6-12)21-19(23)17-11-13-3-1-2-4-16(13)24-17/h1-8,15,17H,9-11H2,(H,20,22)(H,21,23)/t17-/m1/s1. The van der Waals surface area contributed by atoms with Gasteiger partial charge in [-0.1, -0.05) is 18.2 Å². The second-order valence-electron chi connectivity index (χ2n) is 6.23. The van der Waals surface area contributed by atoms with Gasteiger partial charge in [-0.05, 0) is 55.2 Å². The minimum Gasteiger partial charge on any atom is -0.349 e. The molecular formula is C19H18N2O2S. The summed E-state index contributed by atoms with van der Waals surface area (Å²) in [5, 5.41) is 5.81. The van der Waals surface area contributed by atoms with Gasteiger partial charge in [0.15, 0.2) is 0 Å². The number of anilines is 1. The van der Waals surface area contributed by atoms with Crippen LogP contribution >= 0.6 is 11.8 Å². The van der Waals surface area contributed by atoms with Crippen molar-refractivity contribution in [3.63, 3.8) is 0 Å². The molecule has 1 fully saturated rings. The van der Waals surface area contributed by atoms with Gasteiger partial charge in [0, 0.05) is 22.2 Å². The molecule has 0 unspecified atom stereocenters. The van der Waals surface area contributed by atoms with E-state index in [4.69, 9.17) is 0 Å². The Morgan fingerprint density at radius 2 is 1.75 bits per heavy atom. The molecule has 4 nitrogen and oxygen atoms in total. The summed E-state index contributed by atoms with van der Waals surface area (Å²) < 4.78 is 0. The van der Waals surface area contributed by atoms with E-state index < -0.39 is 0 Å². The minimum absolute atomic E-state index is 0.00591. The zero-order valence-electron chi connectivity index (χ0n) is 13.1. The molecule has 122 valence electrons. The Kier molecular flexibility index (Phi) is 4.02. The molecule has 2 aromatic rings. The second-order valence-corrected chi connectivity index (χ2v) is 7.48. The van der Waals surface area contributed by atoms with Crippen molar-refractivity contribution < 1.29 is 9.59 Å². The number of thioether (sulfide) groups is 1. The van der Waals surface area contributed by atoms with Crippen LogP contribution < -0.4 is 10.6 Å². The van der Waals surface area contributed by atoms with Gasteiger partial charge < -0.3 is 10.6 Å². The van der Waals surface area contributed by atoms with Crippen molar-refractivity contribution in [2.45, 2.75) is 35.4 Å². The Bertz CT molecular complexity index is 759. The summed E-state index contributed by atoms with van der Waals surface area (Å²) in [6.07, 6.45) is 2.90. The zero-order chi connectivity index (χ0) is 16.5. The molecule has 2 aliphatic rings. The molecule has 24 heavy (non-hydrogen) atoms. The maximum Gasteiger partial charge on any atom is 0.251 e. The predicted octanol–water partition coefficient (Wildman–Crippen LogP) is 3.23. The second kappa shape index (κ2) is 6.32. The summed E-state index contributed by atoms with van der Waals surface area (Å²) in [7, 11) is 0. The number of rotatable bonds is 4. The summed E-state index contributed by atoms with van der Waals surface area (Å²) >= 11 is 1.61. The van der Waals surface area contributed by atoms with E-state index in [1.807, 2.05) is 12.1 Å². The number of hydrogen-bond donors (Lipinski definition) is 2. The summed E-state index contributed by atoms with van der Waals surface area (Å²) in [6.45, 7) is 0. The minimum atomic E-state index is -0.0970. The molecule has 1 aliphatic carbocycles. The first-order valence-electron chi connectivity index (χ1n) is 8.15. The lowest BCUT2D eigenvalue weighted by Crippen LogP contribution is -2.26. The molecule has 0 aromatic heterocycles. The molecule has 2 N–H and O–H groups in total. The fraction of sp³-hybridized carbons (Fsp3) is 0.263. The Morgan fingerprint density at radius 3 is 2.46 bits per heavy atom. The maximum absolute atomic E-state index is 12.4. The molecular weight excluding hydrogens is 320 g/mol. The van der Waals surface area contributed by atoms with Crippen LogP contribution in [0.2, 0.25) is 0 Å². The van der Waals surface area contributed by atoms with Crippen LogP contribution in [-0.4, -0.2) is 23.1 Å². The van der Waals surface area contributed by atoms with Gasteiger partial charge in [-0.2, -0.15) is 0 Å². The highest BCUT2D eigenvalue weighted by molar-refractivity contribution is 8.01. The van der Waals surface area contributed by atoms with Crippen molar-refractivity contribution >= 4 is 29.3 Å². The number of carbonyl (C=O) groups is 2. The largest absolute Gasteiger partial charge is 0.349 e. The van der Waals surface area contributed by atoms with Crippen LogP contribution in [0.4, 0.5) is 5.69 Å². The van der Waals surface area contributed by atoms with E-state index in [0.717, 1.165) is 24.9 Å². The van der Waals surface area contributed by atoms with Crippen molar-refractivity contribution in [2.24, 2.45) is 0 Å². The molecule has 1 heterocycles. The van der Waals surface area contributed by atoms with Crippen LogP contribution in [0.15, 0.2) is 53.4 Å². The van der Waals surface area contributed by atoms with Crippen LogP contribution in [0.25, 0.3) is 0 Å². The van der Waals surface area contributed by atoms with Gasteiger partial charge in [-0.25, -0.2) is 0 Å². The van der Waals surface area contributed by atoms with Crippen molar-refractivity contribution in [1.29, 1.82) is 0 Å². The molecule has 0 bridgehead atoms. The highest BCUT2D eigenvalue weighted by Crippen LogP contribution is 2.37. The molecule has 1 saturated carbocycles. The van der Waals surface area contributed by atoms with E-state index in [-0.39, 0.29) is 17.1 Å². The average Bonchev–Trinajstić information content (AvgIpc) is 3.29. The molecule has 5 heteroatoms. The highest BCUT2D eigenvalue weighted by Gasteiger charge is 2.28. The Morgan fingerprint density at radius 1 is 1.00 bits per heavy atom. The lowest BCUT2D eigenvalue weighted by atomic mass is 10.1. The van der Waals surface area contributed by atoms with Crippen LogP contribution in [0.1, 0.15) is 28.8 Å². The first-order valence-corrected chi connectivity index (χ1v) is 9.03. The lowest BCUT2D eigenvalue weighted by molar-refractivity contribution is -0.115. The fourth-order valence-corrected chi connectivity index (χ4v) is 3.95. The summed E-state index contributed by atoms with van der Waals surface area (Å²) in [6, 6.07) is 15.6. The first-order chi connectivity index (χ1) is 11.7. The van der Waals surface area contributed by atoms with Crippen LogP contribution in [0.3, 0.4) is 0 Å². The Labute approximate surface area is 145 Å². The highest BCUT2D eigenvalue weighted by atomic mass is 32.2. The van der Waals surface area contributed by atoms with Crippen molar-refractivity contribution in [3.8, 4) is 0 Å². The van der Waals surface area contributed by atoms with Crippen molar-refractivity contribution in [3.05, 3.63) is 59.7 Å². The molecule has 4 rings (SSSR count). The predicted molar refractivity (Wildman–Crippen MR) is 95.4 cm³/mol. The average molecular weight is 338 g/mol. The third kappa shape index (κ3) is 3.31. The van der Waals surface area contributed by atoms with Crippen LogP contribution in [0, 0.1) is 0 Å². The quantitative estimate of drug-likeness (QED) is 0.900. The first kappa shape index (κ1) is 15.3. The number of fused-ring (bicyclic) bond motifs is 1. The van der Waals surface area contributed by atoms with E-state index in [2.05, 4.69) is 22.8 Å². The van der Waals surface area contributed by atoms with E-state index in [1.54, 1.807) is 36.0 Å². The van der Waals surface area contributed by atoms with Crippen molar-refractivity contribution in [2.75, 3.05) is 5.32 Å². The number of hydrogen-bond acceptors (Lipinski definition) is 3. The molecule has 1 atom stereocenters. The van der Waals surface area contributed by atoms with E-state index >= 15 is 0 Å². The van der Waals surface area contributed by atoms with Crippen LogP contribution in [0.5, 0.6) is 0 Å². The van der Waals surface area contributed by atoms with Gasteiger partial charge in [0.25, 0.3) is 5.91 Å². The molecule has 0 saturated heterocycles. The van der Waals surface area contributed by atoms with E-state index in [0.29, 0.717) is 11.6 Å². The topological polar surface area (TPSA) is 58.2 Å². The van der Waals surface area contributed by atoms with E-state index in [9.17, 15) is 9.59 Å². The monoisotopic (exact) mass is 338 g/mol. The Hall–Kier alpha value is -2.27. The summed E-state index contributed by atoms with van der Waals surface area (Å²) in [5.74, 6) is -0.0384. The van der Waals surface area contributed by atoms with Crippen molar-refractivity contribution in [1.82, 2.24) is 5.32 Å². The Balaban J connectivity index is 1.37. The number of nitrogens with one attached hydrogen (secondary N) is 2. The SMILES string of the molecule is O=C(NC1CC1)c1ccc(NC(=O)[C@H]2Cc3ccccc3S2)cc1. The number of carbonyl (C=O) groups excluding carboxylic acids is 2. The van der Waals surface area contributed by atoms with Crippen LogP contribution in [-0.2, 0) is 11.2 Å². The summed E-state index contributed by atoms with van der Waals surface area (Å²) in [4.78, 5) is 25.6. The molecule has 0 radical (unpaired) electrons. The van der Waals surface area contributed by atoms with Gasteiger partial charge >= 0.3 is 0 Å². The number of amides is 2. The third-order valence-corrected chi connectivity index (χ3v) is 5.58.